The van der Waals surface area contributed by atoms with Crippen LogP contribution in [0.1, 0.15) is 42.9 Å². The molecule has 0 aromatic heterocycles. The number of benzene rings is 2. The lowest BCUT2D eigenvalue weighted by molar-refractivity contribution is -0.130. The lowest BCUT2D eigenvalue weighted by Crippen LogP contribution is -2.52. The number of rotatable bonds is 8. The van der Waals surface area contributed by atoms with Crippen molar-refractivity contribution in [1.29, 1.82) is 5.41 Å². The van der Waals surface area contributed by atoms with Crippen molar-refractivity contribution in [3.63, 3.8) is 0 Å². The van der Waals surface area contributed by atoms with Crippen molar-refractivity contribution in [3.8, 4) is 0 Å². The smallest absolute Gasteiger partial charge is 0.413 e. The Kier molecular flexibility index (Phi) is 9.61. The van der Waals surface area contributed by atoms with Crippen LogP contribution in [-0.4, -0.2) is 42.4 Å². The molecule has 1 saturated heterocycles. The molecule has 2 aromatic rings. The number of carbonyl (C=O) groups is 3. The minimum atomic E-state index is -1.67. The molecule has 2 aromatic carbocycles. The first-order chi connectivity index (χ1) is 17.7. The summed E-state index contributed by atoms with van der Waals surface area (Å²) in [6.45, 7) is 1.91. The van der Waals surface area contributed by atoms with Gasteiger partial charge in [-0.15, -0.1) is 0 Å². The Balaban J connectivity index is 1.42. The molecule has 9 nitrogen and oxygen atoms in total. The second kappa shape index (κ2) is 12.9. The number of piperidine rings is 1. The third-order valence-corrected chi connectivity index (χ3v) is 5.79. The lowest BCUT2D eigenvalue weighted by atomic mass is 10.0. The molecule has 0 radical (unpaired) electrons. The van der Waals surface area contributed by atoms with Crippen molar-refractivity contribution < 1.29 is 32.3 Å². The van der Waals surface area contributed by atoms with Crippen molar-refractivity contribution in [3.05, 3.63) is 70.5 Å². The molecule has 1 aliphatic heterocycles. The van der Waals surface area contributed by atoms with Gasteiger partial charge in [0, 0.05) is 17.7 Å². The fourth-order valence-electron chi connectivity index (χ4n) is 3.62. The molecular formula is C25H28F3N5O4. The Labute approximate surface area is 211 Å². The number of hydrogen-bond acceptors (Lipinski definition) is 6. The summed E-state index contributed by atoms with van der Waals surface area (Å²) in [6, 6.07) is 7.03. The van der Waals surface area contributed by atoms with Gasteiger partial charge in [-0.3, -0.25) is 20.3 Å². The van der Waals surface area contributed by atoms with E-state index in [-0.39, 0.29) is 35.8 Å². The molecule has 1 aliphatic rings. The number of halogens is 3. The van der Waals surface area contributed by atoms with Gasteiger partial charge in [-0.05, 0) is 44.0 Å². The summed E-state index contributed by atoms with van der Waals surface area (Å²) >= 11 is 0. The van der Waals surface area contributed by atoms with Gasteiger partial charge < -0.3 is 20.7 Å². The summed E-state index contributed by atoms with van der Waals surface area (Å²) < 4.78 is 44.7. The molecule has 198 valence electrons. The number of nitrogens with one attached hydrogen (secondary N) is 5. The van der Waals surface area contributed by atoms with Crippen LogP contribution in [0.15, 0.2) is 36.4 Å². The molecule has 0 saturated carbocycles. The normalized spacial score (nSPS) is 15.8. The lowest BCUT2D eigenvalue weighted by Gasteiger charge is -2.24. The summed E-state index contributed by atoms with van der Waals surface area (Å²) in [5, 5.41) is 18.7. The van der Waals surface area contributed by atoms with Crippen molar-refractivity contribution in [1.82, 2.24) is 21.3 Å². The van der Waals surface area contributed by atoms with Gasteiger partial charge in [0.05, 0.1) is 6.04 Å². The average molecular weight is 520 g/mol. The van der Waals surface area contributed by atoms with Crippen LogP contribution in [0.2, 0.25) is 0 Å². The maximum absolute atomic E-state index is 13.7. The first-order valence-corrected chi connectivity index (χ1v) is 11.7. The van der Waals surface area contributed by atoms with Crippen LogP contribution in [0.4, 0.5) is 18.0 Å². The first kappa shape index (κ1) is 27.7. The molecule has 3 rings (SSSR count). The molecule has 0 aliphatic carbocycles. The van der Waals surface area contributed by atoms with Gasteiger partial charge in [-0.2, -0.15) is 0 Å². The van der Waals surface area contributed by atoms with Crippen LogP contribution in [-0.2, 0) is 27.5 Å². The largest absolute Gasteiger partial charge is 0.444 e. The molecule has 3 amide bonds. The molecular weight excluding hydrogens is 491 g/mol. The van der Waals surface area contributed by atoms with Crippen LogP contribution < -0.4 is 21.3 Å². The highest BCUT2D eigenvalue weighted by Crippen LogP contribution is 2.16. The summed E-state index contributed by atoms with van der Waals surface area (Å²) in [5.41, 5.74) is 0.687. The zero-order valence-electron chi connectivity index (χ0n) is 20.1. The number of amides is 3. The molecule has 1 fully saturated rings. The van der Waals surface area contributed by atoms with Crippen LogP contribution in [0, 0.1) is 22.9 Å². The minimum absolute atomic E-state index is 0.184. The highest BCUT2D eigenvalue weighted by atomic mass is 19.2. The minimum Gasteiger partial charge on any atom is -0.444 e. The van der Waals surface area contributed by atoms with Gasteiger partial charge in [-0.25, -0.2) is 18.0 Å². The van der Waals surface area contributed by atoms with E-state index in [0.717, 1.165) is 31.9 Å². The van der Waals surface area contributed by atoms with E-state index in [1.165, 1.54) is 0 Å². The summed E-state index contributed by atoms with van der Waals surface area (Å²) in [4.78, 5) is 36.5. The van der Waals surface area contributed by atoms with E-state index in [9.17, 15) is 27.6 Å². The molecule has 1 unspecified atom stereocenters. The van der Waals surface area contributed by atoms with Crippen LogP contribution in [0.5, 0.6) is 0 Å². The molecule has 5 N–H and O–H groups in total. The van der Waals surface area contributed by atoms with Crippen LogP contribution in [0.25, 0.3) is 0 Å². The molecule has 0 bridgehead atoms. The molecule has 37 heavy (non-hydrogen) atoms. The predicted octanol–water partition coefficient (Wildman–Crippen LogP) is 2.62. The van der Waals surface area contributed by atoms with Gasteiger partial charge >= 0.3 is 6.09 Å². The monoisotopic (exact) mass is 519 g/mol. The van der Waals surface area contributed by atoms with Gasteiger partial charge in [-0.1, -0.05) is 30.7 Å². The van der Waals surface area contributed by atoms with Crippen molar-refractivity contribution in [2.24, 2.45) is 0 Å². The van der Waals surface area contributed by atoms with E-state index in [0.29, 0.717) is 17.2 Å². The molecule has 12 heteroatoms. The third kappa shape index (κ3) is 7.78. The quantitative estimate of drug-likeness (QED) is 0.208. The van der Waals surface area contributed by atoms with Gasteiger partial charge in [0.2, 0.25) is 11.8 Å². The second-order valence-corrected chi connectivity index (χ2v) is 8.56. The number of alkyl carbamates (subject to hydrolysis) is 1. The topological polar surface area (TPSA) is 132 Å². The standard InChI is InChI=1S/C25H28F3N5O4/c1-14(32-24(35)19-4-2-3-11-30-19)23(34)31-12-15-5-7-16(8-6-15)22(29)33-25(36)37-13-17-9-10-18(26)21(28)20(17)27/h5-10,14,19,30H,2-4,11-13H2,1H3,(H,31,34)(H,32,35)(H2,29,33,36)/t14-,19?/m0/s1. The zero-order chi connectivity index (χ0) is 26.9. The zero-order valence-corrected chi connectivity index (χ0v) is 20.1. The van der Waals surface area contributed by atoms with Gasteiger partial charge in [0.15, 0.2) is 17.5 Å². The number of hydrogen-bond donors (Lipinski definition) is 5. The Morgan fingerprint density at radius 2 is 1.81 bits per heavy atom. The number of amidine groups is 1. The van der Waals surface area contributed by atoms with Crippen molar-refractivity contribution in [2.75, 3.05) is 6.54 Å². The highest BCUT2D eigenvalue weighted by Gasteiger charge is 2.24. The van der Waals surface area contributed by atoms with E-state index >= 15 is 0 Å². The fraction of sp³-hybridized carbons (Fsp3) is 0.360. The van der Waals surface area contributed by atoms with Crippen molar-refractivity contribution in [2.45, 2.75) is 51.4 Å². The van der Waals surface area contributed by atoms with E-state index in [1.54, 1.807) is 31.2 Å². The number of carbonyl (C=O) groups excluding carboxylic acids is 3. The molecule has 2 atom stereocenters. The Hall–Kier alpha value is -3.93. The van der Waals surface area contributed by atoms with E-state index in [2.05, 4.69) is 21.3 Å². The van der Waals surface area contributed by atoms with E-state index < -0.39 is 36.2 Å². The Morgan fingerprint density at radius 1 is 1.08 bits per heavy atom. The maximum Gasteiger partial charge on any atom is 0.413 e. The predicted molar refractivity (Wildman–Crippen MR) is 128 cm³/mol. The van der Waals surface area contributed by atoms with Crippen LogP contribution >= 0.6 is 0 Å². The number of ether oxygens (including phenoxy) is 1. The molecule has 1 heterocycles. The molecule has 0 spiro atoms. The van der Waals surface area contributed by atoms with E-state index in [4.69, 9.17) is 10.1 Å². The summed E-state index contributed by atoms with van der Waals surface area (Å²) in [5.74, 6) is -5.33. The summed E-state index contributed by atoms with van der Waals surface area (Å²) in [7, 11) is 0. The first-order valence-electron chi connectivity index (χ1n) is 11.7. The maximum atomic E-state index is 13.7. The Bertz CT molecular complexity index is 1150. The second-order valence-electron chi connectivity index (χ2n) is 8.56. The van der Waals surface area contributed by atoms with Gasteiger partial charge in [0.1, 0.15) is 18.5 Å². The van der Waals surface area contributed by atoms with Gasteiger partial charge in [0.25, 0.3) is 0 Å². The SMILES string of the molecule is C[C@H](NC(=O)C1CCCCN1)C(=O)NCc1ccc(C(=N)NC(=O)OCc2ccc(F)c(F)c2F)cc1. The third-order valence-electron chi connectivity index (χ3n) is 5.79. The summed E-state index contributed by atoms with van der Waals surface area (Å²) in [6.07, 6.45) is 1.65. The van der Waals surface area contributed by atoms with Crippen LogP contribution in [0.3, 0.4) is 0 Å². The highest BCUT2D eigenvalue weighted by molar-refractivity contribution is 6.04. The van der Waals surface area contributed by atoms with Crippen molar-refractivity contribution >= 4 is 23.7 Å². The Morgan fingerprint density at radius 3 is 2.49 bits per heavy atom. The van der Waals surface area contributed by atoms with E-state index in [1.807, 2.05) is 0 Å². The average Bonchev–Trinajstić information content (AvgIpc) is 2.90. The fourth-order valence-corrected chi connectivity index (χ4v) is 3.62.